The Kier molecular flexibility index (Phi) is 2.22. The quantitative estimate of drug-likeness (QED) is 0.569. The fourth-order valence-corrected chi connectivity index (χ4v) is 6.00. The smallest absolute Gasteiger partial charge is 0.186 e. The molecule has 4 bridgehead atoms. The van der Waals surface area contributed by atoms with E-state index in [9.17, 15) is 0 Å². The number of ether oxygens (including phenoxy) is 1. The van der Waals surface area contributed by atoms with Crippen LogP contribution in [0, 0.1) is 27.6 Å². The average Bonchev–Trinajstić information content (AvgIpc) is 2.11. The van der Waals surface area contributed by atoms with Crippen LogP contribution in [0.25, 0.3) is 0 Å². The van der Waals surface area contributed by atoms with E-state index in [1.807, 2.05) is 6.92 Å². The average molecular weight is 235 g/mol. The summed E-state index contributed by atoms with van der Waals surface area (Å²) in [6.45, 7) is 7.55. The maximum atomic E-state index is 8.32. The van der Waals surface area contributed by atoms with Gasteiger partial charge in [-0.2, -0.15) is 0 Å². The largest absolute Gasteiger partial charge is 0.481 e. The fourth-order valence-electron chi connectivity index (χ4n) is 6.00. The SMILES string of the molecule is CCOC(=N)C12CC3CC(C)(CC(C)(C3)C1)C2. The van der Waals surface area contributed by atoms with Crippen molar-refractivity contribution in [2.75, 3.05) is 6.61 Å². The molecule has 0 saturated heterocycles. The molecule has 4 saturated carbocycles. The third kappa shape index (κ3) is 1.63. The zero-order valence-electron chi connectivity index (χ0n) is 11.4. The van der Waals surface area contributed by atoms with Crippen LogP contribution < -0.4 is 0 Å². The maximum absolute atomic E-state index is 8.32. The number of hydrogen-bond acceptors (Lipinski definition) is 2. The molecule has 0 aromatic rings. The molecule has 2 heteroatoms. The van der Waals surface area contributed by atoms with Gasteiger partial charge in [0.2, 0.25) is 0 Å². The van der Waals surface area contributed by atoms with Crippen LogP contribution in [0.4, 0.5) is 0 Å². The van der Waals surface area contributed by atoms with E-state index >= 15 is 0 Å². The molecule has 4 rings (SSSR count). The fraction of sp³-hybridized carbons (Fsp3) is 0.933. The van der Waals surface area contributed by atoms with Crippen LogP contribution in [0.15, 0.2) is 0 Å². The summed E-state index contributed by atoms with van der Waals surface area (Å²) in [6.07, 6.45) is 7.78. The summed E-state index contributed by atoms with van der Waals surface area (Å²) >= 11 is 0. The van der Waals surface area contributed by atoms with Crippen molar-refractivity contribution in [2.45, 2.75) is 59.3 Å². The molecule has 0 aliphatic heterocycles. The number of hydrogen-bond donors (Lipinski definition) is 1. The van der Waals surface area contributed by atoms with Crippen LogP contribution in [0.1, 0.15) is 59.3 Å². The lowest BCUT2D eigenvalue weighted by Crippen LogP contribution is -2.57. The molecule has 0 heterocycles. The topological polar surface area (TPSA) is 33.1 Å². The summed E-state index contributed by atoms with van der Waals surface area (Å²) in [5.74, 6) is 1.45. The zero-order valence-corrected chi connectivity index (χ0v) is 11.4. The first kappa shape index (κ1) is 11.6. The molecule has 17 heavy (non-hydrogen) atoms. The van der Waals surface area contributed by atoms with Crippen molar-refractivity contribution >= 4 is 5.90 Å². The van der Waals surface area contributed by atoms with Gasteiger partial charge in [0.05, 0.1) is 6.61 Å². The van der Waals surface area contributed by atoms with Crippen molar-refractivity contribution in [1.82, 2.24) is 0 Å². The molecular formula is C15H25NO. The summed E-state index contributed by atoms with van der Waals surface area (Å²) < 4.78 is 5.60. The van der Waals surface area contributed by atoms with Crippen LogP contribution in [0.2, 0.25) is 0 Å². The first-order valence-electron chi connectivity index (χ1n) is 7.11. The minimum Gasteiger partial charge on any atom is -0.481 e. The van der Waals surface area contributed by atoms with Gasteiger partial charge in [0, 0.05) is 5.41 Å². The molecule has 4 aliphatic carbocycles. The minimum atomic E-state index is 0.0962. The Morgan fingerprint density at radius 2 is 1.71 bits per heavy atom. The van der Waals surface area contributed by atoms with E-state index in [2.05, 4.69) is 13.8 Å². The van der Waals surface area contributed by atoms with Crippen molar-refractivity contribution in [3.63, 3.8) is 0 Å². The Bertz CT molecular complexity index is 344. The Morgan fingerprint density at radius 1 is 1.12 bits per heavy atom. The number of nitrogens with one attached hydrogen (secondary N) is 1. The molecule has 0 radical (unpaired) electrons. The van der Waals surface area contributed by atoms with Gasteiger partial charge in [-0.25, -0.2) is 0 Å². The molecule has 1 N–H and O–H groups in total. The van der Waals surface area contributed by atoms with Crippen LogP contribution in [0.3, 0.4) is 0 Å². The van der Waals surface area contributed by atoms with Crippen molar-refractivity contribution in [3.8, 4) is 0 Å². The molecular weight excluding hydrogens is 210 g/mol. The summed E-state index contributed by atoms with van der Waals surface area (Å²) in [5, 5.41) is 8.32. The predicted molar refractivity (Wildman–Crippen MR) is 69.2 cm³/mol. The van der Waals surface area contributed by atoms with Crippen LogP contribution in [0.5, 0.6) is 0 Å². The number of rotatable bonds is 2. The van der Waals surface area contributed by atoms with Gasteiger partial charge in [0.25, 0.3) is 0 Å². The molecule has 4 fully saturated rings. The van der Waals surface area contributed by atoms with Gasteiger partial charge < -0.3 is 4.74 Å². The Labute approximate surface area is 105 Å². The predicted octanol–water partition coefficient (Wildman–Crippen LogP) is 4.00. The van der Waals surface area contributed by atoms with Gasteiger partial charge in [0.15, 0.2) is 5.90 Å². The monoisotopic (exact) mass is 235 g/mol. The minimum absolute atomic E-state index is 0.0962. The van der Waals surface area contributed by atoms with E-state index in [0.717, 1.165) is 5.92 Å². The van der Waals surface area contributed by atoms with E-state index < -0.39 is 0 Å². The normalized spacial score (nSPS) is 51.6. The molecule has 96 valence electrons. The Balaban J connectivity index is 1.94. The second kappa shape index (κ2) is 3.27. The van der Waals surface area contributed by atoms with E-state index in [-0.39, 0.29) is 5.41 Å². The molecule has 2 nitrogen and oxygen atoms in total. The lowest BCUT2D eigenvalue weighted by atomic mass is 9.40. The van der Waals surface area contributed by atoms with Crippen LogP contribution in [-0.2, 0) is 4.74 Å². The summed E-state index contributed by atoms with van der Waals surface area (Å²) in [6, 6.07) is 0. The Morgan fingerprint density at radius 3 is 2.18 bits per heavy atom. The highest BCUT2D eigenvalue weighted by molar-refractivity contribution is 5.80. The molecule has 0 amide bonds. The molecule has 0 aromatic heterocycles. The third-order valence-corrected chi connectivity index (χ3v) is 5.40. The van der Waals surface area contributed by atoms with Gasteiger partial charge in [-0.1, -0.05) is 13.8 Å². The lowest BCUT2D eigenvalue weighted by Gasteiger charge is -2.64. The molecule has 2 atom stereocenters. The molecule has 0 aromatic carbocycles. The van der Waals surface area contributed by atoms with Gasteiger partial charge in [0.1, 0.15) is 0 Å². The lowest BCUT2D eigenvalue weighted by molar-refractivity contribution is -0.123. The van der Waals surface area contributed by atoms with Crippen molar-refractivity contribution in [2.24, 2.45) is 22.2 Å². The van der Waals surface area contributed by atoms with Gasteiger partial charge >= 0.3 is 0 Å². The second-order valence-corrected chi connectivity index (χ2v) is 7.67. The highest BCUT2D eigenvalue weighted by atomic mass is 16.5. The highest BCUT2D eigenvalue weighted by Gasteiger charge is 2.62. The van der Waals surface area contributed by atoms with E-state index in [1.54, 1.807) is 0 Å². The van der Waals surface area contributed by atoms with Crippen molar-refractivity contribution < 1.29 is 4.74 Å². The zero-order chi connectivity index (χ0) is 12.3. The summed E-state index contributed by atoms with van der Waals surface area (Å²) in [7, 11) is 0. The van der Waals surface area contributed by atoms with E-state index in [0.29, 0.717) is 23.3 Å². The molecule has 4 aliphatic rings. The van der Waals surface area contributed by atoms with Gasteiger partial charge in [-0.05, 0) is 62.2 Å². The maximum Gasteiger partial charge on any atom is 0.186 e. The van der Waals surface area contributed by atoms with E-state index in [1.165, 1.54) is 38.5 Å². The van der Waals surface area contributed by atoms with Crippen molar-refractivity contribution in [3.05, 3.63) is 0 Å². The first-order chi connectivity index (χ1) is 7.89. The van der Waals surface area contributed by atoms with E-state index in [4.69, 9.17) is 10.1 Å². The van der Waals surface area contributed by atoms with Crippen LogP contribution in [-0.4, -0.2) is 12.5 Å². The second-order valence-electron chi connectivity index (χ2n) is 7.67. The molecule has 2 unspecified atom stereocenters. The molecule has 0 spiro atoms. The summed E-state index contributed by atoms with van der Waals surface area (Å²) in [4.78, 5) is 0. The van der Waals surface area contributed by atoms with Crippen LogP contribution >= 0.6 is 0 Å². The highest BCUT2D eigenvalue weighted by Crippen LogP contribution is 2.69. The van der Waals surface area contributed by atoms with Crippen molar-refractivity contribution in [1.29, 1.82) is 5.41 Å². The van der Waals surface area contributed by atoms with Gasteiger partial charge in [-0.3, -0.25) is 5.41 Å². The third-order valence-electron chi connectivity index (χ3n) is 5.40. The summed E-state index contributed by atoms with van der Waals surface area (Å²) in [5.41, 5.74) is 1.06. The first-order valence-corrected chi connectivity index (χ1v) is 7.11. The Hall–Kier alpha value is -0.530. The standard InChI is InChI=1S/C15H25NO/c1-4-17-12(16)15-7-11-5-13(2,9-15)8-14(3,6-11)10-15/h11,16H,4-10H2,1-3H3. The van der Waals surface area contributed by atoms with Gasteiger partial charge in [-0.15, -0.1) is 0 Å².